The van der Waals surface area contributed by atoms with Gasteiger partial charge < -0.3 is 24.4 Å². The molecule has 212 valence electrons. The van der Waals surface area contributed by atoms with Crippen molar-refractivity contribution in [2.24, 2.45) is 0 Å². The average molecular weight is 567 g/mol. The molecule has 3 heterocycles. The molecule has 0 aliphatic carbocycles. The molecule has 0 bridgehead atoms. The number of imidazole rings is 1. The van der Waals surface area contributed by atoms with E-state index >= 15 is 4.39 Å². The number of carbonyl (C=O) groups excluding carboxylic acids is 1. The van der Waals surface area contributed by atoms with Crippen LogP contribution in [-0.2, 0) is 23.4 Å². The quantitative estimate of drug-likeness (QED) is 0.230. The Bertz CT molecular complexity index is 1340. The van der Waals surface area contributed by atoms with Crippen molar-refractivity contribution in [3.63, 3.8) is 0 Å². The van der Waals surface area contributed by atoms with Gasteiger partial charge in [-0.05, 0) is 39.8 Å². The van der Waals surface area contributed by atoms with Crippen molar-refractivity contribution < 1.29 is 37.4 Å². The molecule has 4 rings (SSSR count). The fourth-order valence-corrected chi connectivity index (χ4v) is 5.46. The Morgan fingerprint density at radius 3 is 2.64 bits per heavy atom. The van der Waals surface area contributed by atoms with E-state index in [1.54, 1.807) is 58.2 Å². The molecule has 39 heavy (non-hydrogen) atoms. The summed E-state index contributed by atoms with van der Waals surface area (Å²) >= 11 is 0. The predicted octanol–water partition coefficient (Wildman–Crippen LogP) is 2.91. The minimum atomic E-state index is -4.24. The molecule has 15 heteroatoms. The topological polar surface area (TPSA) is 159 Å². The molecule has 0 spiro atoms. The lowest BCUT2D eigenvalue weighted by Crippen LogP contribution is -2.37. The Morgan fingerprint density at radius 2 is 1.97 bits per heavy atom. The molecule has 3 N–H and O–H groups in total. The number of aryl methyl sites for hydroxylation is 1. The first kappa shape index (κ1) is 28.8. The number of carbonyl (C=O) groups is 1. The van der Waals surface area contributed by atoms with Crippen LogP contribution < -0.4 is 14.9 Å². The van der Waals surface area contributed by atoms with Gasteiger partial charge >= 0.3 is 13.7 Å². The summed E-state index contributed by atoms with van der Waals surface area (Å²) in [6.45, 7) is 5.96. The van der Waals surface area contributed by atoms with Crippen LogP contribution in [0.3, 0.4) is 0 Å². The number of aliphatic hydroxyl groups excluding tert-OH is 1. The summed E-state index contributed by atoms with van der Waals surface area (Å²) < 4.78 is 52.5. The van der Waals surface area contributed by atoms with Gasteiger partial charge in [-0.15, -0.1) is 0 Å². The van der Waals surface area contributed by atoms with E-state index in [0.717, 1.165) is 0 Å². The largest absolute Gasteiger partial charge is 0.462 e. The highest BCUT2D eigenvalue weighted by Gasteiger charge is 2.47. The zero-order valence-electron chi connectivity index (χ0n) is 22.1. The highest BCUT2D eigenvalue weighted by atomic mass is 31.2. The second-order valence-electron chi connectivity index (χ2n) is 9.23. The molecule has 0 unspecified atom stereocenters. The van der Waals surface area contributed by atoms with E-state index in [1.165, 1.54) is 17.8 Å². The van der Waals surface area contributed by atoms with Gasteiger partial charge in [-0.1, -0.05) is 18.2 Å². The van der Waals surface area contributed by atoms with Gasteiger partial charge in [0.1, 0.15) is 29.8 Å². The third kappa shape index (κ3) is 6.53. The van der Waals surface area contributed by atoms with Gasteiger partial charge in [0.2, 0.25) is 0 Å². The Hall–Kier alpha value is -3.16. The number of aliphatic hydroxyl groups is 1. The first-order valence-corrected chi connectivity index (χ1v) is 13.9. The summed E-state index contributed by atoms with van der Waals surface area (Å²) in [5.74, 6) is 0.418. The van der Waals surface area contributed by atoms with Crippen LogP contribution in [0.25, 0.3) is 11.2 Å². The van der Waals surface area contributed by atoms with Gasteiger partial charge in [0.25, 0.3) is 0 Å². The maximum Gasteiger partial charge on any atom is 0.459 e. The summed E-state index contributed by atoms with van der Waals surface area (Å²) in [6, 6.07) is 7.11. The zero-order chi connectivity index (χ0) is 28.3. The van der Waals surface area contributed by atoms with E-state index in [0.29, 0.717) is 22.8 Å². The van der Waals surface area contributed by atoms with Gasteiger partial charge in [0.15, 0.2) is 29.4 Å². The molecular weight excluding hydrogens is 534 g/mol. The lowest BCUT2D eigenvalue weighted by Gasteiger charge is -2.25. The van der Waals surface area contributed by atoms with Crippen molar-refractivity contribution in [3.05, 3.63) is 42.5 Å². The average Bonchev–Trinajstić information content (AvgIpc) is 3.42. The van der Waals surface area contributed by atoms with Crippen LogP contribution in [-0.4, -0.2) is 74.8 Å². The number of ether oxygens (including phenoxy) is 2. The number of rotatable bonds is 11. The van der Waals surface area contributed by atoms with Crippen molar-refractivity contribution in [2.75, 3.05) is 19.0 Å². The predicted molar refractivity (Wildman–Crippen MR) is 139 cm³/mol. The van der Waals surface area contributed by atoms with Gasteiger partial charge in [0, 0.05) is 7.05 Å². The van der Waals surface area contributed by atoms with Gasteiger partial charge in [-0.3, -0.25) is 13.9 Å². The second-order valence-corrected chi connectivity index (χ2v) is 10.9. The number of halogens is 1. The molecule has 1 saturated heterocycles. The molecule has 13 nitrogen and oxygen atoms in total. The number of para-hydroxylation sites is 1. The van der Waals surface area contributed by atoms with Crippen LogP contribution in [0.5, 0.6) is 5.75 Å². The lowest BCUT2D eigenvalue weighted by molar-refractivity contribution is -0.149. The number of hydrogen-bond donors (Lipinski definition) is 3. The molecule has 0 radical (unpaired) electrons. The van der Waals surface area contributed by atoms with E-state index in [2.05, 4.69) is 25.4 Å². The van der Waals surface area contributed by atoms with E-state index in [9.17, 15) is 14.5 Å². The Balaban J connectivity index is 1.52. The smallest absolute Gasteiger partial charge is 0.459 e. The Morgan fingerprint density at radius 1 is 1.26 bits per heavy atom. The summed E-state index contributed by atoms with van der Waals surface area (Å²) in [7, 11) is -2.57. The minimum absolute atomic E-state index is 0.201. The molecule has 1 fully saturated rings. The number of hydrogen-bond acceptors (Lipinski definition) is 11. The zero-order valence-corrected chi connectivity index (χ0v) is 23.0. The molecule has 6 atom stereocenters. The van der Waals surface area contributed by atoms with Crippen LogP contribution in [0.1, 0.15) is 32.8 Å². The molecule has 1 aliphatic heterocycles. The van der Waals surface area contributed by atoms with Crippen LogP contribution in [0.2, 0.25) is 0 Å². The molecular formula is C24H32FN6O7P. The van der Waals surface area contributed by atoms with Crippen LogP contribution in [0.15, 0.2) is 36.7 Å². The number of fused-ring (bicyclic) bond motifs is 1. The second kappa shape index (κ2) is 11.9. The molecule has 0 saturated carbocycles. The third-order valence-electron chi connectivity index (χ3n) is 5.77. The number of benzene rings is 1. The molecule has 3 aromatic rings. The van der Waals surface area contributed by atoms with Crippen molar-refractivity contribution in [1.82, 2.24) is 24.6 Å². The Kier molecular flexibility index (Phi) is 8.82. The summed E-state index contributed by atoms with van der Waals surface area (Å²) in [6.07, 6.45) is -5.09. The van der Waals surface area contributed by atoms with Crippen LogP contribution in [0, 0.1) is 6.92 Å². The summed E-state index contributed by atoms with van der Waals surface area (Å²) in [4.78, 5) is 25.2. The normalized spacial score (nSPS) is 23.5. The lowest BCUT2D eigenvalue weighted by atomic mass is 10.1. The van der Waals surface area contributed by atoms with Crippen molar-refractivity contribution in [3.8, 4) is 5.75 Å². The highest BCUT2D eigenvalue weighted by molar-refractivity contribution is 7.52. The maximum absolute atomic E-state index is 15.3. The number of esters is 1. The van der Waals surface area contributed by atoms with E-state index < -0.39 is 57.1 Å². The fourth-order valence-electron chi connectivity index (χ4n) is 3.96. The SMILES string of the molecule is CNc1nc(C)nc2c1ncn2[C@@H]1O[C@H](CO[P@@](=O)(N[C@H](C)C(=O)OC(C)C)Oc2ccccc2)[C@@H](O)[C@H]1F. The number of alkyl halides is 1. The number of anilines is 1. The molecule has 2 aromatic heterocycles. The van der Waals surface area contributed by atoms with E-state index in [1.807, 2.05) is 0 Å². The monoisotopic (exact) mass is 566 g/mol. The van der Waals surface area contributed by atoms with Gasteiger partial charge in [-0.25, -0.2) is 23.9 Å². The van der Waals surface area contributed by atoms with Crippen molar-refractivity contribution in [2.45, 2.75) is 64.4 Å². The Labute approximate surface area is 224 Å². The molecule has 1 aromatic carbocycles. The standard InChI is InChI=1S/C24H32FN6O7P/c1-13(2)36-24(33)14(3)30-39(34,38-16-9-7-6-8-10-16)35-11-17-20(32)18(25)23(37-17)31-12-27-19-21(26-5)28-15(4)29-22(19)31/h6-10,12-14,17-18,20,23,32H,11H2,1-5H3,(H,30,34)(H,26,28,29)/t14-,17-,18-,20-,23-,39+/m1/s1. The highest BCUT2D eigenvalue weighted by Crippen LogP contribution is 2.46. The summed E-state index contributed by atoms with van der Waals surface area (Å²) in [5.41, 5.74) is 0.714. The molecule has 0 amide bonds. The van der Waals surface area contributed by atoms with Crippen LogP contribution in [0.4, 0.5) is 10.2 Å². The fraction of sp³-hybridized carbons (Fsp3) is 0.500. The number of nitrogens with zero attached hydrogens (tertiary/aromatic N) is 4. The van der Waals surface area contributed by atoms with E-state index in [4.69, 9.17) is 18.5 Å². The van der Waals surface area contributed by atoms with Crippen LogP contribution >= 0.6 is 7.75 Å². The van der Waals surface area contributed by atoms with Crippen molar-refractivity contribution in [1.29, 1.82) is 0 Å². The summed E-state index contributed by atoms with van der Waals surface area (Å²) in [5, 5.41) is 16.1. The van der Waals surface area contributed by atoms with E-state index in [-0.39, 0.29) is 5.75 Å². The van der Waals surface area contributed by atoms with Gasteiger partial charge in [-0.2, -0.15) is 5.09 Å². The maximum atomic E-state index is 15.3. The number of nitrogens with one attached hydrogen (secondary N) is 2. The third-order valence-corrected chi connectivity index (χ3v) is 7.42. The number of aromatic nitrogens is 4. The van der Waals surface area contributed by atoms with Crippen molar-refractivity contribution >= 4 is 30.7 Å². The van der Waals surface area contributed by atoms with Gasteiger partial charge in [0.05, 0.1) is 19.0 Å². The molecule has 1 aliphatic rings. The first-order chi connectivity index (χ1) is 18.5. The minimum Gasteiger partial charge on any atom is -0.462 e. The first-order valence-electron chi connectivity index (χ1n) is 12.4.